The van der Waals surface area contributed by atoms with Crippen molar-refractivity contribution in [3.8, 4) is 0 Å². The number of nitrogens with one attached hydrogen (secondary N) is 1. The molecule has 1 unspecified atom stereocenters. The van der Waals surface area contributed by atoms with E-state index in [1.807, 2.05) is 0 Å². The number of nitrogens with zero attached hydrogens (tertiary/aromatic N) is 1. The van der Waals surface area contributed by atoms with Crippen molar-refractivity contribution in [3.63, 3.8) is 0 Å². The summed E-state index contributed by atoms with van der Waals surface area (Å²) in [7, 11) is 0. The van der Waals surface area contributed by atoms with Crippen LogP contribution in [0.25, 0.3) is 0 Å². The average Bonchev–Trinajstić information content (AvgIpc) is 2.31. The first-order chi connectivity index (χ1) is 8.79. The van der Waals surface area contributed by atoms with E-state index in [1.54, 1.807) is 0 Å². The van der Waals surface area contributed by atoms with Gasteiger partial charge in [0.2, 0.25) is 0 Å². The fraction of sp³-hybridized carbons (Fsp3) is 1.00. The summed E-state index contributed by atoms with van der Waals surface area (Å²) in [6.07, 6.45) is 1.21. The molecule has 0 aromatic heterocycles. The van der Waals surface area contributed by atoms with E-state index in [0.717, 1.165) is 45.3 Å². The van der Waals surface area contributed by atoms with E-state index < -0.39 is 0 Å². The van der Waals surface area contributed by atoms with Gasteiger partial charge >= 0.3 is 0 Å². The van der Waals surface area contributed by atoms with Gasteiger partial charge in [0.15, 0.2) is 0 Å². The van der Waals surface area contributed by atoms with E-state index >= 15 is 0 Å². The highest BCUT2D eigenvalue weighted by molar-refractivity contribution is 4.89. The predicted octanol–water partition coefficient (Wildman–Crippen LogP) is 2.76. The van der Waals surface area contributed by atoms with Gasteiger partial charge in [0, 0.05) is 25.2 Å². The Kier molecular flexibility index (Phi) is 6.28. The van der Waals surface area contributed by atoms with Gasteiger partial charge in [-0.1, -0.05) is 27.7 Å². The highest BCUT2D eigenvalue weighted by Crippen LogP contribution is 2.27. The molecular formula is C16H34N2O. The van der Waals surface area contributed by atoms with Gasteiger partial charge in [0.25, 0.3) is 0 Å². The van der Waals surface area contributed by atoms with Gasteiger partial charge in [0.1, 0.15) is 0 Å². The third-order valence-corrected chi connectivity index (χ3v) is 4.35. The summed E-state index contributed by atoms with van der Waals surface area (Å²) in [5.41, 5.74) is 0.524. The fourth-order valence-electron chi connectivity index (χ4n) is 2.60. The summed E-state index contributed by atoms with van der Waals surface area (Å²) in [5.74, 6) is 0.723. The van der Waals surface area contributed by atoms with Gasteiger partial charge in [-0.25, -0.2) is 0 Å². The first kappa shape index (κ1) is 16.9. The fourth-order valence-corrected chi connectivity index (χ4v) is 2.60. The first-order valence-electron chi connectivity index (χ1n) is 7.82. The molecule has 3 heteroatoms. The highest BCUT2D eigenvalue weighted by atomic mass is 16.5. The number of hydrogen-bond acceptors (Lipinski definition) is 3. The Morgan fingerprint density at radius 2 is 2.05 bits per heavy atom. The van der Waals surface area contributed by atoms with Gasteiger partial charge in [-0.15, -0.1) is 0 Å². The number of rotatable bonds is 7. The molecule has 1 rings (SSSR count). The largest absolute Gasteiger partial charge is 0.378 e. The lowest BCUT2D eigenvalue weighted by molar-refractivity contribution is -0.0667. The highest BCUT2D eigenvalue weighted by Gasteiger charge is 2.35. The number of morpholine rings is 1. The van der Waals surface area contributed by atoms with Crippen molar-refractivity contribution in [3.05, 3.63) is 0 Å². The topological polar surface area (TPSA) is 24.5 Å². The van der Waals surface area contributed by atoms with E-state index in [9.17, 15) is 0 Å². The maximum absolute atomic E-state index is 5.62. The molecule has 0 aromatic carbocycles. The molecule has 1 saturated heterocycles. The molecule has 1 aliphatic heterocycles. The van der Waals surface area contributed by atoms with Crippen LogP contribution in [0.1, 0.15) is 48.0 Å². The molecule has 0 aromatic rings. The van der Waals surface area contributed by atoms with Crippen molar-refractivity contribution in [2.24, 2.45) is 11.3 Å². The third-order valence-electron chi connectivity index (χ3n) is 4.35. The Hall–Kier alpha value is -0.120. The van der Waals surface area contributed by atoms with Crippen LogP contribution in [0, 0.1) is 11.3 Å². The summed E-state index contributed by atoms with van der Waals surface area (Å²) in [5, 5.41) is 3.64. The molecule has 0 saturated carbocycles. The number of ether oxygens (including phenoxy) is 1. The molecule has 1 heterocycles. The predicted molar refractivity (Wildman–Crippen MR) is 82.6 cm³/mol. The molecule has 1 atom stereocenters. The van der Waals surface area contributed by atoms with Crippen LogP contribution in [0.15, 0.2) is 0 Å². The normalized spacial score (nSPS) is 23.5. The molecule has 0 spiro atoms. The molecule has 114 valence electrons. The Morgan fingerprint density at radius 3 is 2.58 bits per heavy atom. The Bertz CT molecular complexity index is 265. The standard InChI is InChI=1S/C16H34N2O/c1-7-16(6,11-17-10-14(2)3)12-18-8-9-19-13-15(18,4)5/h14,17H,7-13H2,1-6H3. The Morgan fingerprint density at radius 1 is 1.37 bits per heavy atom. The zero-order valence-corrected chi connectivity index (χ0v) is 13.9. The minimum atomic E-state index is 0.173. The monoisotopic (exact) mass is 270 g/mol. The van der Waals surface area contributed by atoms with Crippen molar-refractivity contribution in [1.82, 2.24) is 10.2 Å². The Labute approximate surface area is 120 Å². The zero-order valence-electron chi connectivity index (χ0n) is 13.9. The van der Waals surface area contributed by atoms with Crippen LogP contribution in [0.5, 0.6) is 0 Å². The summed E-state index contributed by atoms with van der Waals surface area (Å²) < 4.78 is 5.62. The SMILES string of the molecule is CCC(C)(CNCC(C)C)CN1CCOCC1(C)C. The lowest BCUT2D eigenvalue weighted by atomic mass is 9.84. The number of hydrogen-bond donors (Lipinski definition) is 1. The maximum Gasteiger partial charge on any atom is 0.0645 e. The molecule has 3 nitrogen and oxygen atoms in total. The van der Waals surface area contributed by atoms with Crippen LogP contribution >= 0.6 is 0 Å². The second-order valence-corrected chi connectivity index (χ2v) is 7.48. The van der Waals surface area contributed by atoms with Crippen LogP contribution in [0.4, 0.5) is 0 Å². The van der Waals surface area contributed by atoms with Gasteiger partial charge in [-0.05, 0) is 38.1 Å². The molecule has 1 aliphatic rings. The van der Waals surface area contributed by atoms with Gasteiger partial charge in [-0.3, -0.25) is 4.90 Å². The Balaban J connectivity index is 2.53. The maximum atomic E-state index is 5.62. The van der Waals surface area contributed by atoms with Crippen molar-refractivity contribution in [2.75, 3.05) is 39.4 Å². The van der Waals surface area contributed by atoms with E-state index in [1.165, 1.54) is 6.42 Å². The summed E-state index contributed by atoms with van der Waals surface area (Å²) >= 11 is 0. The zero-order chi connectivity index (χ0) is 14.5. The molecule has 0 amide bonds. The van der Waals surface area contributed by atoms with Crippen molar-refractivity contribution in [2.45, 2.75) is 53.5 Å². The van der Waals surface area contributed by atoms with Crippen molar-refractivity contribution in [1.29, 1.82) is 0 Å². The first-order valence-corrected chi connectivity index (χ1v) is 7.82. The molecule has 0 radical (unpaired) electrons. The quantitative estimate of drug-likeness (QED) is 0.770. The van der Waals surface area contributed by atoms with Crippen molar-refractivity contribution >= 4 is 0 Å². The van der Waals surface area contributed by atoms with E-state index in [0.29, 0.717) is 5.41 Å². The van der Waals surface area contributed by atoms with Gasteiger partial charge in [-0.2, -0.15) is 0 Å². The van der Waals surface area contributed by atoms with Crippen LogP contribution in [-0.2, 0) is 4.74 Å². The molecular weight excluding hydrogens is 236 g/mol. The molecule has 0 aliphatic carbocycles. The van der Waals surface area contributed by atoms with Crippen molar-refractivity contribution < 1.29 is 4.74 Å². The van der Waals surface area contributed by atoms with E-state index in [4.69, 9.17) is 4.74 Å². The minimum Gasteiger partial charge on any atom is -0.378 e. The lowest BCUT2D eigenvalue weighted by Crippen LogP contribution is -2.57. The summed E-state index contributed by atoms with van der Waals surface area (Å²) in [4.78, 5) is 2.61. The minimum absolute atomic E-state index is 0.173. The average molecular weight is 270 g/mol. The second-order valence-electron chi connectivity index (χ2n) is 7.48. The lowest BCUT2D eigenvalue weighted by Gasteiger charge is -2.46. The molecule has 1 N–H and O–H groups in total. The molecule has 1 fully saturated rings. The second kappa shape index (κ2) is 7.05. The van der Waals surface area contributed by atoms with Gasteiger partial charge < -0.3 is 10.1 Å². The van der Waals surface area contributed by atoms with E-state index in [2.05, 4.69) is 51.8 Å². The summed E-state index contributed by atoms with van der Waals surface area (Å²) in [6.45, 7) is 20.0. The molecule has 19 heavy (non-hydrogen) atoms. The van der Waals surface area contributed by atoms with Crippen LogP contribution in [-0.4, -0.2) is 49.8 Å². The smallest absolute Gasteiger partial charge is 0.0645 e. The van der Waals surface area contributed by atoms with Gasteiger partial charge in [0.05, 0.1) is 13.2 Å². The van der Waals surface area contributed by atoms with Crippen LogP contribution < -0.4 is 5.32 Å². The molecule has 0 bridgehead atoms. The van der Waals surface area contributed by atoms with Crippen LogP contribution in [0.2, 0.25) is 0 Å². The van der Waals surface area contributed by atoms with E-state index in [-0.39, 0.29) is 5.54 Å². The summed E-state index contributed by atoms with van der Waals surface area (Å²) in [6, 6.07) is 0. The third kappa shape index (κ3) is 5.41. The van der Waals surface area contributed by atoms with Crippen LogP contribution in [0.3, 0.4) is 0 Å².